The van der Waals surface area contributed by atoms with Gasteiger partial charge in [0.15, 0.2) is 10.9 Å². The van der Waals surface area contributed by atoms with Crippen molar-refractivity contribution in [2.24, 2.45) is 0 Å². The second-order valence-corrected chi connectivity index (χ2v) is 7.61. The highest BCUT2D eigenvalue weighted by molar-refractivity contribution is 8.00. The van der Waals surface area contributed by atoms with Gasteiger partial charge in [0, 0.05) is 11.6 Å². The Morgan fingerprint density at radius 1 is 1.20 bits per heavy atom. The van der Waals surface area contributed by atoms with Gasteiger partial charge in [-0.3, -0.25) is 14.6 Å². The van der Waals surface area contributed by atoms with Crippen molar-refractivity contribution in [1.82, 2.24) is 20.5 Å². The highest BCUT2D eigenvalue weighted by Crippen LogP contribution is 2.21. The average molecular weight is 358 g/mol. The van der Waals surface area contributed by atoms with Crippen molar-refractivity contribution in [3.63, 3.8) is 0 Å². The van der Waals surface area contributed by atoms with Gasteiger partial charge in [0.05, 0.1) is 5.25 Å². The summed E-state index contributed by atoms with van der Waals surface area (Å²) in [5, 5.41) is 11.2. The molecule has 1 unspecified atom stereocenters. The summed E-state index contributed by atoms with van der Waals surface area (Å²) in [5.41, 5.74) is 0.698. The fraction of sp³-hybridized carbons (Fsp3) is 0.444. The van der Waals surface area contributed by atoms with Crippen LogP contribution in [0.5, 0.6) is 0 Å². The highest BCUT2D eigenvalue weighted by Gasteiger charge is 2.21. The Kier molecular flexibility index (Phi) is 5.86. The van der Waals surface area contributed by atoms with Crippen LogP contribution >= 0.6 is 11.8 Å². The van der Waals surface area contributed by atoms with Crippen LogP contribution in [-0.2, 0) is 4.79 Å². The molecule has 0 bridgehead atoms. The average Bonchev–Trinajstić information content (AvgIpc) is 2.63. The predicted octanol–water partition coefficient (Wildman–Crippen LogP) is 2.76. The van der Waals surface area contributed by atoms with Crippen LogP contribution in [0.4, 0.5) is 0 Å². The van der Waals surface area contributed by atoms with Gasteiger partial charge in [-0.15, -0.1) is 10.2 Å². The monoisotopic (exact) mass is 358 g/mol. The van der Waals surface area contributed by atoms with Crippen molar-refractivity contribution in [2.45, 2.75) is 55.5 Å². The Hall–Kier alpha value is -2.15. The third-order valence-electron chi connectivity index (χ3n) is 4.33. The topological polar surface area (TPSA) is 87.7 Å². The summed E-state index contributed by atoms with van der Waals surface area (Å²) < 4.78 is 0. The summed E-state index contributed by atoms with van der Waals surface area (Å²) in [7, 11) is 0. The molecular weight excluding hydrogens is 336 g/mol. The molecule has 7 heteroatoms. The van der Waals surface area contributed by atoms with Gasteiger partial charge in [-0.2, -0.15) is 0 Å². The van der Waals surface area contributed by atoms with Gasteiger partial charge >= 0.3 is 0 Å². The van der Waals surface area contributed by atoms with E-state index in [0.717, 1.165) is 18.4 Å². The molecule has 3 rings (SSSR count). The first-order valence-corrected chi connectivity index (χ1v) is 9.51. The van der Waals surface area contributed by atoms with Crippen LogP contribution < -0.4 is 10.9 Å². The molecule has 1 aliphatic rings. The van der Waals surface area contributed by atoms with E-state index >= 15 is 0 Å². The molecule has 6 nitrogen and oxygen atoms in total. The van der Waals surface area contributed by atoms with Gasteiger partial charge in [-0.25, -0.2) is 0 Å². The second kappa shape index (κ2) is 8.29. The van der Waals surface area contributed by atoms with Crippen LogP contribution in [0.15, 0.2) is 40.3 Å². The number of H-pyrrole nitrogens is 1. The molecule has 132 valence electrons. The summed E-state index contributed by atoms with van der Waals surface area (Å²) in [6.07, 6.45) is 5.69. The van der Waals surface area contributed by atoms with E-state index in [1.54, 1.807) is 0 Å². The van der Waals surface area contributed by atoms with Crippen molar-refractivity contribution in [2.75, 3.05) is 0 Å². The maximum absolute atomic E-state index is 12.3. The van der Waals surface area contributed by atoms with E-state index in [-0.39, 0.29) is 28.5 Å². The molecule has 0 spiro atoms. The van der Waals surface area contributed by atoms with Gasteiger partial charge in [-0.1, -0.05) is 61.4 Å². The predicted molar refractivity (Wildman–Crippen MR) is 98.4 cm³/mol. The number of aromatic amines is 1. The quantitative estimate of drug-likeness (QED) is 0.803. The molecule has 0 radical (unpaired) electrons. The van der Waals surface area contributed by atoms with Crippen LogP contribution in [-0.4, -0.2) is 32.4 Å². The van der Waals surface area contributed by atoms with Crippen LogP contribution in [0.2, 0.25) is 0 Å². The third-order valence-corrected chi connectivity index (χ3v) is 5.31. The second-order valence-electron chi connectivity index (χ2n) is 6.28. The van der Waals surface area contributed by atoms with E-state index in [4.69, 9.17) is 0 Å². The van der Waals surface area contributed by atoms with Gasteiger partial charge < -0.3 is 5.32 Å². The number of hydrogen-bond donors (Lipinski definition) is 2. The van der Waals surface area contributed by atoms with Gasteiger partial charge in [0.2, 0.25) is 5.91 Å². The molecule has 1 amide bonds. The van der Waals surface area contributed by atoms with Crippen molar-refractivity contribution in [3.05, 3.63) is 40.7 Å². The fourth-order valence-corrected chi connectivity index (χ4v) is 3.70. The maximum atomic E-state index is 12.3. The Morgan fingerprint density at radius 2 is 1.92 bits per heavy atom. The minimum absolute atomic E-state index is 0.0216. The number of amides is 1. The van der Waals surface area contributed by atoms with E-state index in [2.05, 4.69) is 20.5 Å². The van der Waals surface area contributed by atoms with Crippen molar-refractivity contribution in [1.29, 1.82) is 0 Å². The number of benzene rings is 1. The molecule has 2 aromatic rings. The Balaban J connectivity index is 1.63. The van der Waals surface area contributed by atoms with E-state index in [9.17, 15) is 9.59 Å². The third kappa shape index (κ3) is 4.69. The highest BCUT2D eigenvalue weighted by atomic mass is 32.2. The lowest BCUT2D eigenvalue weighted by Crippen LogP contribution is -2.40. The van der Waals surface area contributed by atoms with Crippen molar-refractivity contribution in [3.8, 4) is 11.3 Å². The number of carbonyl (C=O) groups excluding carboxylic acids is 1. The molecule has 1 aromatic carbocycles. The summed E-state index contributed by atoms with van der Waals surface area (Å²) in [6, 6.07) is 9.46. The van der Waals surface area contributed by atoms with E-state index in [0.29, 0.717) is 5.16 Å². The summed E-state index contributed by atoms with van der Waals surface area (Å²) >= 11 is 1.22. The normalized spacial score (nSPS) is 16.4. The fourth-order valence-electron chi connectivity index (χ4n) is 2.95. The standard InChI is InChI=1S/C18H22N4O2S/c1-12(16(23)19-14-10-6-3-7-11-14)25-18-20-17(24)15(21-22-18)13-8-4-2-5-9-13/h2,4-5,8-9,12,14H,3,6-7,10-11H2,1H3,(H,19,23)(H,20,22,24). The zero-order chi connectivity index (χ0) is 17.6. The van der Waals surface area contributed by atoms with Gasteiger partial charge in [0.1, 0.15) is 0 Å². The maximum Gasteiger partial charge on any atom is 0.278 e. The zero-order valence-corrected chi connectivity index (χ0v) is 15.0. The largest absolute Gasteiger partial charge is 0.352 e. The number of carbonyl (C=O) groups is 1. The molecule has 25 heavy (non-hydrogen) atoms. The number of nitrogens with zero attached hydrogens (tertiary/aromatic N) is 2. The van der Waals surface area contributed by atoms with Gasteiger partial charge in [0.25, 0.3) is 5.56 Å². The first kappa shape index (κ1) is 17.7. The van der Waals surface area contributed by atoms with Crippen LogP contribution in [0.1, 0.15) is 39.0 Å². The number of rotatable bonds is 5. The van der Waals surface area contributed by atoms with E-state index in [1.165, 1.54) is 31.0 Å². The van der Waals surface area contributed by atoms with Crippen molar-refractivity contribution < 1.29 is 4.79 Å². The molecule has 2 N–H and O–H groups in total. The minimum atomic E-state index is -0.338. The summed E-state index contributed by atoms with van der Waals surface area (Å²) in [4.78, 5) is 27.3. The minimum Gasteiger partial charge on any atom is -0.352 e. The van der Waals surface area contributed by atoms with E-state index < -0.39 is 0 Å². The Morgan fingerprint density at radius 3 is 2.60 bits per heavy atom. The number of thioether (sulfide) groups is 1. The lowest BCUT2D eigenvalue weighted by Gasteiger charge is -2.24. The lowest BCUT2D eigenvalue weighted by molar-refractivity contribution is -0.121. The molecule has 1 aliphatic carbocycles. The van der Waals surface area contributed by atoms with Crippen LogP contribution in [0.25, 0.3) is 11.3 Å². The summed E-state index contributed by atoms with van der Waals surface area (Å²) in [6.45, 7) is 1.81. The van der Waals surface area contributed by atoms with Crippen LogP contribution in [0.3, 0.4) is 0 Å². The SMILES string of the molecule is CC(Sc1nnc(-c2ccccc2)c(=O)[nH]1)C(=O)NC1CCCCC1. The number of aromatic nitrogens is 3. The molecule has 1 atom stereocenters. The Labute approximate surface area is 150 Å². The molecule has 0 saturated heterocycles. The smallest absolute Gasteiger partial charge is 0.278 e. The molecule has 1 saturated carbocycles. The van der Waals surface area contributed by atoms with Crippen LogP contribution in [0, 0.1) is 0 Å². The van der Waals surface area contributed by atoms with Gasteiger partial charge in [-0.05, 0) is 19.8 Å². The molecule has 1 fully saturated rings. The Bertz CT molecular complexity index is 772. The first-order chi connectivity index (χ1) is 12.1. The van der Waals surface area contributed by atoms with Crippen molar-refractivity contribution >= 4 is 17.7 Å². The molecule has 0 aliphatic heterocycles. The lowest BCUT2D eigenvalue weighted by atomic mass is 9.95. The van der Waals surface area contributed by atoms with E-state index in [1.807, 2.05) is 37.3 Å². The number of hydrogen-bond acceptors (Lipinski definition) is 5. The zero-order valence-electron chi connectivity index (χ0n) is 14.2. The molecular formula is C18H22N4O2S. The number of nitrogens with one attached hydrogen (secondary N) is 2. The summed E-state index contributed by atoms with van der Waals surface area (Å²) in [5.74, 6) is -0.0216. The first-order valence-electron chi connectivity index (χ1n) is 8.63. The molecule has 1 heterocycles. The molecule has 1 aromatic heterocycles.